The fourth-order valence-corrected chi connectivity index (χ4v) is 1.59. The second-order valence-electron chi connectivity index (χ2n) is 4.08. The number of aryl methyl sites for hydroxylation is 1. The molecule has 2 aromatic rings. The van der Waals surface area contributed by atoms with Crippen molar-refractivity contribution in [2.75, 3.05) is 0 Å². The van der Waals surface area contributed by atoms with E-state index in [9.17, 15) is 0 Å². The molecule has 0 bridgehead atoms. The van der Waals surface area contributed by atoms with Gasteiger partial charge in [0.2, 0.25) is 0 Å². The zero-order valence-corrected chi connectivity index (χ0v) is 9.31. The van der Waals surface area contributed by atoms with Crippen molar-refractivity contribution in [2.45, 2.75) is 26.7 Å². The summed E-state index contributed by atoms with van der Waals surface area (Å²) < 4.78 is 0. The van der Waals surface area contributed by atoms with Crippen molar-refractivity contribution in [3.8, 4) is 5.69 Å². The number of hydrogen-bond donors (Lipinski definition) is 0. The minimum atomic E-state index is 0.527. The van der Waals surface area contributed by atoms with Gasteiger partial charge in [-0.05, 0) is 36.1 Å². The van der Waals surface area contributed by atoms with Crippen LogP contribution in [0.3, 0.4) is 0 Å². The van der Waals surface area contributed by atoms with E-state index < -0.39 is 0 Å². The molecular formula is C12H15N3. The summed E-state index contributed by atoms with van der Waals surface area (Å²) in [7, 11) is 0. The Hall–Kier alpha value is -1.64. The molecule has 0 saturated carbocycles. The van der Waals surface area contributed by atoms with Gasteiger partial charge >= 0.3 is 0 Å². The minimum absolute atomic E-state index is 0.527. The molecule has 0 spiro atoms. The molecule has 78 valence electrons. The van der Waals surface area contributed by atoms with Gasteiger partial charge in [-0.25, -0.2) is 0 Å². The van der Waals surface area contributed by atoms with Crippen LogP contribution in [0.25, 0.3) is 5.69 Å². The average molecular weight is 201 g/mol. The van der Waals surface area contributed by atoms with Crippen LogP contribution in [-0.2, 0) is 0 Å². The van der Waals surface area contributed by atoms with Crippen molar-refractivity contribution in [3.63, 3.8) is 0 Å². The Bertz CT molecular complexity index is 444. The monoisotopic (exact) mass is 201 g/mol. The number of hydrogen-bond acceptors (Lipinski definition) is 2. The van der Waals surface area contributed by atoms with Crippen molar-refractivity contribution in [1.82, 2.24) is 15.0 Å². The lowest BCUT2D eigenvalue weighted by molar-refractivity contribution is 0.746. The lowest BCUT2D eigenvalue weighted by atomic mass is 10.0. The molecule has 3 nitrogen and oxygen atoms in total. The molecule has 0 aliphatic carbocycles. The number of benzene rings is 1. The first-order valence-corrected chi connectivity index (χ1v) is 5.15. The van der Waals surface area contributed by atoms with Gasteiger partial charge in [0.15, 0.2) is 0 Å². The van der Waals surface area contributed by atoms with Crippen molar-refractivity contribution in [3.05, 3.63) is 41.7 Å². The molecule has 0 N–H and O–H groups in total. The highest BCUT2D eigenvalue weighted by atomic mass is 15.5. The maximum atomic E-state index is 4.13. The van der Waals surface area contributed by atoms with Gasteiger partial charge in [0, 0.05) is 0 Å². The summed E-state index contributed by atoms with van der Waals surface area (Å²) in [6, 6.07) is 6.43. The van der Waals surface area contributed by atoms with Crippen LogP contribution < -0.4 is 0 Å². The topological polar surface area (TPSA) is 30.7 Å². The molecule has 0 amide bonds. The van der Waals surface area contributed by atoms with E-state index in [4.69, 9.17) is 0 Å². The van der Waals surface area contributed by atoms with Gasteiger partial charge in [-0.3, -0.25) is 0 Å². The number of rotatable bonds is 2. The molecule has 2 rings (SSSR count). The normalized spacial score (nSPS) is 10.9. The van der Waals surface area contributed by atoms with Crippen LogP contribution >= 0.6 is 0 Å². The molecule has 0 saturated heterocycles. The van der Waals surface area contributed by atoms with Crippen LogP contribution in [-0.4, -0.2) is 15.0 Å². The molecule has 1 aromatic carbocycles. The van der Waals surface area contributed by atoms with Gasteiger partial charge in [0.1, 0.15) is 0 Å². The van der Waals surface area contributed by atoms with Crippen molar-refractivity contribution in [2.24, 2.45) is 0 Å². The molecule has 0 aliphatic rings. The maximum Gasteiger partial charge on any atom is 0.0862 e. The summed E-state index contributed by atoms with van der Waals surface area (Å²) >= 11 is 0. The second kappa shape index (κ2) is 3.85. The van der Waals surface area contributed by atoms with Gasteiger partial charge < -0.3 is 0 Å². The molecule has 0 fully saturated rings. The molecule has 15 heavy (non-hydrogen) atoms. The Morgan fingerprint density at radius 2 is 1.73 bits per heavy atom. The smallest absolute Gasteiger partial charge is 0.0862 e. The highest BCUT2D eigenvalue weighted by molar-refractivity contribution is 5.39. The van der Waals surface area contributed by atoms with E-state index in [-0.39, 0.29) is 0 Å². The molecule has 1 aromatic heterocycles. The summed E-state index contributed by atoms with van der Waals surface area (Å²) in [6.45, 7) is 6.48. The predicted octanol–water partition coefficient (Wildman–Crippen LogP) is 2.70. The van der Waals surface area contributed by atoms with E-state index in [1.165, 1.54) is 11.1 Å². The molecular weight excluding hydrogens is 186 g/mol. The first-order chi connectivity index (χ1) is 7.16. The third-order valence-corrected chi connectivity index (χ3v) is 2.40. The largest absolute Gasteiger partial charge is 0.157 e. The predicted molar refractivity (Wildman–Crippen MR) is 60.2 cm³/mol. The minimum Gasteiger partial charge on any atom is -0.157 e. The van der Waals surface area contributed by atoms with Crippen LogP contribution in [0.15, 0.2) is 30.6 Å². The van der Waals surface area contributed by atoms with Crippen molar-refractivity contribution in [1.29, 1.82) is 0 Å². The fourth-order valence-electron chi connectivity index (χ4n) is 1.59. The standard InChI is InChI=1S/C12H15N3/c1-9(2)11-6-10(3)7-12(8-11)15-13-4-5-14-15/h4-9H,1-3H3. The third kappa shape index (κ3) is 2.06. The lowest BCUT2D eigenvalue weighted by Gasteiger charge is -2.09. The first kappa shape index (κ1) is 9.90. The van der Waals surface area contributed by atoms with Crippen molar-refractivity contribution >= 4 is 0 Å². The van der Waals surface area contributed by atoms with Gasteiger partial charge in [-0.2, -0.15) is 15.0 Å². The quantitative estimate of drug-likeness (QED) is 0.748. The molecule has 0 radical (unpaired) electrons. The lowest BCUT2D eigenvalue weighted by Crippen LogP contribution is -2.00. The SMILES string of the molecule is Cc1cc(C(C)C)cc(-n2nccn2)c1. The summed E-state index contributed by atoms with van der Waals surface area (Å²) in [5.41, 5.74) is 3.60. The number of nitrogens with zero attached hydrogens (tertiary/aromatic N) is 3. The zero-order valence-electron chi connectivity index (χ0n) is 9.31. The Morgan fingerprint density at radius 1 is 1.07 bits per heavy atom. The van der Waals surface area contributed by atoms with Crippen LogP contribution in [0.5, 0.6) is 0 Å². The Morgan fingerprint density at radius 3 is 2.33 bits per heavy atom. The Balaban J connectivity index is 2.49. The molecule has 0 atom stereocenters. The summed E-state index contributed by atoms with van der Waals surface area (Å²) in [5, 5.41) is 8.27. The van der Waals surface area contributed by atoms with Crippen LogP contribution in [0, 0.1) is 6.92 Å². The number of aromatic nitrogens is 3. The van der Waals surface area contributed by atoms with Gasteiger partial charge in [0.25, 0.3) is 0 Å². The van der Waals surface area contributed by atoms with E-state index in [1.807, 2.05) is 0 Å². The van der Waals surface area contributed by atoms with E-state index in [1.54, 1.807) is 17.2 Å². The summed E-state index contributed by atoms with van der Waals surface area (Å²) in [6.07, 6.45) is 3.38. The average Bonchev–Trinajstić information content (AvgIpc) is 2.69. The van der Waals surface area contributed by atoms with Gasteiger partial charge in [0.05, 0.1) is 18.1 Å². The maximum absolute atomic E-state index is 4.13. The van der Waals surface area contributed by atoms with Crippen LogP contribution in [0.2, 0.25) is 0 Å². The van der Waals surface area contributed by atoms with Crippen LogP contribution in [0.4, 0.5) is 0 Å². The van der Waals surface area contributed by atoms with Gasteiger partial charge in [-0.1, -0.05) is 19.9 Å². The third-order valence-electron chi connectivity index (χ3n) is 2.40. The molecule has 0 unspecified atom stereocenters. The summed E-state index contributed by atoms with van der Waals surface area (Å²) in [4.78, 5) is 1.65. The van der Waals surface area contributed by atoms with E-state index >= 15 is 0 Å². The van der Waals surface area contributed by atoms with Crippen molar-refractivity contribution < 1.29 is 0 Å². The molecule has 3 heteroatoms. The van der Waals surface area contributed by atoms with Gasteiger partial charge in [-0.15, -0.1) is 0 Å². The Kier molecular flexibility index (Phi) is 2.54. The van der Waals surface area contributed by atoms with E-state index in [0.29, 0.717) is 5.92 Å². The second-order valence-corrected chi connectivity index (χ2v) is 4.08. The first-order valence-electron chi connectivity index (χ1n) is 5.15. The fraction of sp³-hybridized carbons (Fsp3) is 0.333. The zero-order chi connectivity index (χ0) is 10.8. The Labute approximate surface area is 89.7 Å². The molecule has 1 heterocycles. The molecule has 0 aliphatic heterocycles. The van der Waals surface area contributed by atoms with E-state index in [0.717, 1.165) is 5.69 Å². The highest BCUT2D eigenvalue weighted by Gasteiger charge is 2.04. The van der Waals surface area contributed by atoms with Crippen LogP contribution in [0.1, 0.15) is 30.9 Å². The highest BCUT2D eigenvalue weighted by Crippen LogP contribution is 2.19. The summed E-state index contributed by atoms with van der Waals surface area (Å²) in [5.74, 6) is 0.527. The van der Waals surface area contributed by atoms with E-state index in [2.05, 4.69) is 49.2 Å².